The van der Waals surface area contributed by atoms with Crippen LogP contribution in [0.1, 0.15) is 19.4 Å². The van der Waals surface area contributed by atoms with Crippen molar-refractivity contribution in [2.75, 3.05) is 0 Å². The summed E-state index contributed by atoms with van der Waals surface area (Å²) in [5.74, 6) is 0.587. The van der Waals surface area contributed by atoms with E-state index in [4.69, 9.17) is 11.6 Å². The lowest BCUT2D eigenvalue weighted by molar-refractivity contribution is 0.646. The molecule has 2 rings (SSSR count). The number of aromatic nitrogens is 1. The minimum Gasteiger partial charge on any atom is -0.256 e. The number of rotatable bonds is 2. The van der Waals surface area contributed by atoms with E-state index in [1.807, 2.05) is 24.4 Å². The molecule has 0 aliphatic rings. The lowest BCUT2D eigenvalue weighted by Crippen LogP contribution is -1.96. The summed E-state index contributed by atoms with van der Waals surface area (Å²) in [6.45, 7) is 4.36. The predicted molar refractivity (Wildman–Crippen MR) is 73.0 cm³/mol. The zero-order valence-corrected chi connectivity index (χ0v) is 11.6. The van der Waals surface area contributed by atoms with Crippen LogP contribution in [0.25, 0.3) is 10.9 Å². The quantitative estimate of drug-likeness (QED) is 0.772. The molecule has 0 saturated carbocycles. The summed E-state index contributed by atoms with van der Waals surface area (Å²) in [5.41, 5.74) is 2.07. The second-order valence-electron chi connectivity index (χ2n) is 4.36. The van der Waals surface area contributed by atoms with Gasteiger partial charge in [0.1, 0.15) is 0 Å². The summed E-state index contributed by atoms with van der Waals surface area (Å²) >= 11 is 9.85. The normalized spacial score (nSPS) is 11.3. The second-order valence-corrected chi connectivity index (χ2v) is 5.65. The molecule has 0 radical (unpaired) electrons. The van der Waals surface area contributed by atoms with Gasteiger partial charge in [-0.3, -0.25) is 4.98 Å². The summed E-state index contributed by atoms with van der Waals surface area (Å²) in [4.78, 5) is 4.43. The molecule has 0 N–H and O–H groups in total. The highest BCUT2D eigenvalue weighted by molar-refractivity contribution is 9.10. The Hall–Kier alpha value is -0.600. The van der Waals surface area contributed by atoms with Crippen LogP contribution >= 0.6 is 27.5 Å². The number of halogens is 2. The summed E-state index contributed by atoms with van der Waals surface area (Å²) < 4.78 is 1.03. The Morgan fingerprint density at radius 3 is 2.81 bits per heavy atom. The van der Waals surface area contributed by atoms with E-state index in [-0.39, 0.29) is 0 Å². The molecule has 16 heavy (non-hydrogen) atoms. The molecule has 0 bridgehead atoms. The van der Waals surface area contributed by atoms with Crippen molar-refractivity contribution in [1.82, 2.24) is 4.98 Å². The van der Waals surface area contributed by atoms with Crippen molar-refractivity contribution < 1.29 is 0 Å². The topological polar surface area (TPSA) is 12.9 Å². The van der Waals surface area contributed by atoms with Crippen molar-refractivity contribution >= 4 is 38.4 Å². The van der Waals surface area contributed by atoms with E-state index in [0.717, 1.165) is 32.4 Å². The molecule has 0 unspecified atom stereocenters. The minimum atomic E-state index is 0.587. The Morgan fingerprint density at radius 2 is 2.12 bits per heavy atom. The van der Waals surface area contributed by atoms with Crippen molar-refractivity contribution in [2.24, 2.45) is 5.92 Å². The van der Waals surface area contributed by atoms with Crippen LogP contribution in [0.15, 0.2) is 28.9 Å². The molecule has 0 atom stereocenters. The first-order valence-corrected chi connectivity index (χ1v) is 6.47. The number of benzene rings is 1. The van der Waals surface area contributed by atoms with Crippen molar-refractivity contribution in [3.8, 4) is 0 Å². The monoisotopic (exact) mass is 297 g/mol. The first kappa shape index (κ1) is 11.9. The zero-order valence-electron chi connectivity index (χ0n) is 9.30. The number of hydrogen-bond acceptors (Lipinski definition) is 1. The van der Waals surface area contributed by atoms with E-state index < -0.39 is 0 Å². The van der Waals surface area contributed by atoms with Crippen molar-refractivity contribution in [1.29, 1.82) is 0 Å². The van der Waals surface area contributed by atoms with E-state index in [1.54, 1.807) is 0 Å². The largest absolute Gasteiger partial charge is 0.256 e. The van der Waals surface area contributed by atoms with Crippen LogP contribution in [0.4, 0.5) is 0 Å². The number of pyridine rings is 1. The number of nitrogens with zero attached hydrogens (tertiary/aromatic N) is 1. The molecule has 2 aromatic rings. The molecule has 1 heterocycles. The van der Waals surface area contributed by atoms with Gasteiger partial charge >= 0.3 is 0 Å². The fourth-order valence-electron chi connectivity index (χ4n) is 1.76. The number of fused-ring (bicyclic) bond motifs is 1. The maximum atomic E-state index is 6.40. The number of hydrogen-bond donors (Lipinski definition) is 0. The predicted octanol–water partition coefficient (Wildman–Crippen LogP) is 4.85. The lowest BCUT2D eigenvalue weighted by Gasteiger charge is -2.09. The van der Waals surface area contributed by atoms with Crippen LogP contribution in [0.2, 0.25) is 5.02 Å². The van der Waals surface area contributed by atoms with E-state index >= 15 is 0 Å². The lowest BCUT2D eigenvalue weighted by atomic mass is 10.0. The van der Waals surface area contributed by atoms with Gasteiger partial charge in [0.2, 0.25) is 0 Å². The van der Waals surface area contributed by atoms with Gasteiger partial charge in [-0.2, -0.15) is 0 Å². The maximum Gasteiger partial charge on any atom is 0.0717 e. The van der Waals surface area contributed by atoms with E-state index in [1.165, 1.54) is 0 Å². The van der Waals surface area contributed by atoms with Crippen molar-refractivity contribution in [2.45, 2.75) is 20.3 Å². The molecular weight excluding hydrogens is 286 g/mol. The smallest absolute Gasteiger partial charge is 0.0717 e. The first-order chi connectivity index (χ1) is 7.58. The highest BCUT2D eigenvalue weighted by atomic mass is 79.9. The fourth-order valence-corrected chi connectivity index (χ4v) is 2.39. The Bertz CT molecular complexity index is 523. The van der Waals surface area contributed by atoms with Crippen LogP contribution in [-0.4, -0.2) is 4.98 Å². The molecule has 0 spiro atoms. The third kappa shape index (κ3) is 2.38. The van der Waals surface area contributed by atoms with Crippen LogP contribution in [0.5, 0.6) is 0 Å². The van der Waals surface area contributed by atoms with Crippen molar-refractivity contribution in [3.05, 3.63) is 39.5 Å². The Kier molecular flexibility index (Phi) is 3.50. The standard InChI is InChI=1S/C13H13BrClN/c1-8(2)5-9-7-16-12-4-3-10(14)6-11(12)13(9)15/h3-4,6-8H,5H2,1-2H3. The summed E-state index contributed by atoms with van der Waals surface area (Å²) in [5, 5.41) is 1.86. The molecule has 3 heteroatoms. The average Bonchev–Trinajstić information content (AvgIpc) is 2.22. The van der Waals surface area contributed by atoms with Gasteiger partial charge in [0.25, 0.3) is 0 Å². The molecule has 1 aromatic carbocycles. The van der Waals surface area contributed by atoms with E-state index in [0.29, 0.717) is 5.92 Å². The summed E-state index contributed by atoms with van der Waals surface area (Å²) in [7, 11) is 0. The van der Waals surface area contributed by atoms with Gasteiger partial charge in [0, 0.05) is 16.1 Å². The van der Waals surface area contributed by atoms with Crippen molar-refractivity contribution in [3.63, 3.8) is 0 Å². The van der Waals surface area contributed by atoms with Crippen LogP contribution < -0.4 is 0 Å². The van der Waals surface area contributed by atoms with Crippen LogP contribution in [-0.2, 0) is 6.42 Å². The van der Waals surface area contributed by atoms with Gasteiger partial charge in [-0.15, -0.1) is 0 Å². The molecule has 0 aliphatic carbocycles. The Morgan fingerprint density at radius 1 is 1.38 bits per heavy atom. The third-order valence-electron chi connectivity index (χ3n) is 2.46. The van der Waals surface area contributed by atoms with Gasteiger partial charge in [-0.1, -0.05) is 41.4 Å². The summed E-state index contributed by atoms with van der Waals surface area (Å²) in [6.07, 6.45) is 2.85. The molecule has 1 nitrogen and oxygen atoms in total. The highest BCUT2D eigenvalue weighted by Gasteiger charge is 2.08. The Balaban J connectivity index is 2.58. The maximum absolute atomic E-state index is 6.40. The zero-order chi connectivity index (χ0) is 11.7. The highest BCUT2D eigenvalue weighted by Crippen LogP contribution is 2.29. The third-order valence-corrected chi connectivity index (χ3v) is 3.40. The SMILES string of the molecule is CC(C)Cc1cnc2ccc(Br)cc2c1Cl. The van der Waals surface area contributed by atoms with E-state index in [9.17, 15) is 0 Å². The van der Waals surface area contributed by atoms with Gasteiger partial charge in [-0.05, 0) is 36.1 Å². The molecule has 0 fully saturated rings. The second kappa shape index (κ2) is 4.72. The molecule has 0 amide bonds. The van der Waals surface area contributed by atoms with Crippen LogP contribution in [0.3, 0.4) is 0 Å². The molecule has 0 saturated heterocycles. The Labute approximate surface area is 109 Å². The van der Waals surface area contributed by atoms with Crippen LogP contribution in [0, 0.1) is 5.92 Å². The van der Waals surface area contributed by atoms with Gasteiger partial charge in [0.15, 0.2) is 0 Å². The minimum absolute atomic E-state index is 0.587. The first-order valence-electron chi connectivity index (χ1n) is 5.30. The van der Waals surface area contributed by atoms with Gasteiger partial charge < -0.3 is 0 Å². The molecule has 1 aromatic heterocycles. The fraction of sp³-hybridized carbons (Fsp3) is 0.308. The van der Waals surface area contributed by atoms with E-state index in [2.05, 4.69) is 34.8 Å². The van der Waals surface area contributed by atoms with Gasteiger partial charge in [-0.25, -0.2) is 0 Å². The van der Waals surface area contributed by atoms with Gasteiger partial charge in [0.05, 0.1) is 10.5 Å². The average molecular weight is 299 g/mol. The molecule has 84 valence electrons. The summed E-state index contributed by atoms with van der Waals surface area (Å²) in [6, 6.07) is 5.98. The molecule has 0 aliphatic heterocycles. The molecular formula is C13H13BrClN.